The van der Waals surface area contributed by atoms with Crippen molar-refractivity contribution in [1.82, 2.24) is 15.0 Å². The molecule has 0 aliphatic heterocycles. The van der Waals surface area contributed by atoms with Gasteiger partial charge in [0.25, 0.3) is 0 Å². The molecule has 0 bridgehead atoms. The van der Waals surface area contributed by atoms with Crippen LogP contribution in [0.3, 0.4) is 0 Å². The first kappa shape index (κ1) is 26.1. The number of pyridine rings is 1. The van der Waals surface area contributed by atoms with Gasteiger partial charge < -0.3 is 15.6 Å². The summed E-state index contributed by atoms with van der Waals surface area (Å²) in [6.45, 7) is 0. The number of alkyl halides is 3. The van der Waals surface area contributed by atoms with Crippen LogP contribution in [0.2, 0.25) is 0 Å². The predicted molar refractivity (Wildman–Crippen MR) is 132 cm³/mol. The Kier molecular flexibility index (Phi) is 7.53. The second kappa shape index (κ2) is 11.0. The van der Waals surface area contributed by atoms with E-state index in [4.69, 9.17) is 20.8 Å². The number of ether oxygens (including phenoxy) is 1. The summed E-state index contributed by atoms with van der Waals surface area (Å²) in [6, 6.07) is 18.7. The number of nitrogens with zero attached hydrogens (tertiary/aromatic N) is 4. The zero-order valence-electron chi connectivity index (χ0n) is 19.7. The van der Waals surface area contributed by atoms with Crippen molar-refractivity contribution >= 4 is 11.9 Å². The first-order valence-corrected chi connectivity index (χ1v) is 11.3. The highest BCUT2D eigenvalue weighted by atomic mass is 19.4. The third-order valence-corrected chi connectivity index (χ3v) is 5.57. The van der Waals surface area contributed by atoms with Gasteiger partial charge in [0.1, 0.15) is 11.8 Å². The molecule has 0 spiro atoms. The minimum atomic E-state index is -4.82. The van der Waals surface area contributed by atoms with E-state index in [1.54, 1.807) is 30.3 Å². The number of hydrogen-bond acceptors (Lipinski definition) is 7. The average molecular weight is 519 g/mol. The van der Waals surface area contributed by atoms with Gasteiger partial charge in [0.2, 0.25) is 17.9 Å². The molecule has 2 aromatic heterocycles. The molecule has 192 valence electrons. The van der Waals surface area contributed by atoms with Crippen LogP contribution in [0.4, 0.5) is 19.1 Å². The van der Waals surface area contributed by atoms with Crippen LogP contribution in [0.5, 0.6) is 5.88 Å². The molecule has 0 aliphatic rings. The normalized spacial score (nSPS) is 11.9. The number of aliphatic carboxylic acids is 1. The molecule has 0 saturated carbocycles. The van der Waals surface area contributed by atoms with Gasteiger partial charge in [-0.2, -0.15) is 23.4 Å². The average Bonchev–Trinajstić information content (AvgIpc) is 2.90. The van der Waals surface area contributed by atoms with Crippen molar-refractivity contribution in [3.8, 4) is 34.3 Å². The Morgan fingerprint density at radius 2 is 1.76 bits per heavy atom. The number of hydrogen-bond donors (Lipinski definition) is 2. The number of nitrogens with two attached hydrogens (primary N) is 1. The molecule has 1 unspecified atom stereocenters. The van der Waals surface area contributed by atoms with E-state index in [2.05, 4.69) is 15.0 Å². The Balaban J connectivity index is 1.67. The van der Waals surface area contributed by atoms with Crippen LogP contribution in [0, 0.1) is 11.3 Å². The van der Waals surface area contributed by atoms with Gasteiger partial charge in [-0.3, -0.25) is 4.79 Å². The van der Waals surface area contributed by atoms with Gasteiger partial charge in [0.15, 0.2) is 0 Å². The maximum absolute atomic E-state index is 14.3. The lowest BCUT2D eigenvalue weighted by molar-refractivity contribution is -0.198. The molecule has 4 rings (SSSR count). The number of nitriles is 1. The first-order chi connectivity index (χ1) is 18.1. The van der Waals surface area contributed by atoms with Gasteiger partial charge in [-0.1, -0.05) is 48.5 Å². The number of halogens is 3. The molecule has 11 heteroatoms. The van der Waals surface area contributed by atoms with E-state index in [-0.39, 0.29) is 40.8 Å². The van der Waals surface area contributed by atoms with Crippen LogP contribution in [-0.4, -0.2) is 32.2 Å². The Morgan fingerprint density at radius 1 is 1.05 bits per heavy atom. The van der Waals surface area contributed by atoms with E-state index in [1.807, 2.05) is 6.07 Å². The molecular weight excluding hydrogens is 499 g/mol. The summed E-state index contributed by atoms with van der Waals surface area (Å²) in [6.07, 6.45) is -5.59. The quantitative estimate of drug-likeness (QED) is 0.318. The minimum Gasteiger partial charge on any atom is -0.481 e. The maximum atomic E-state index is 14.3. The Labute approximate surface area is 215 Å². The lowest BCUT2D eigenvalue weighted by Crippen LogP contribution is -2.27. The lowest BCUT2D eigenvalue weighted by atomic mass is 9.96. The Hall–Kier alpha value is -4.98. The van der Waals surface area contributed by atoms with E-state index in [1.165, 1.54) is 42.6 Å². The zero-order chi connectivity index (χ0) is 27.3. The van der Waals surface area contributed by atoms with Gasteiger partial charge in [0, 0.05) is 35.4 Å². The summed E-state index contributed by atoms with van der Waals surface area (Å²) >= 11 is 0. The largest absolute Gasteiger partial charge is 0.481 e. The molecule has 38 heavy (non-hydrogen) atoms. The van der Waals surface area contributed by atoms with E-state index in [0.29, 0.717) is 17.5 Å². The fourth-order valence-electron chi connectivity index (χ4n) is 3.78. The second-order valence-electron chi connectivity index (χ2n) is 8.21. The highest BCUT2D eigenvalue weighted by Gasteiger charge is 2.44. The van der Waals surface area contributed by atoms with Crippen molar-refractivity contribution in [2.75, 3.05) is 5.73 Å². The third-order valence-electron chi connectivity index (χ3n) is 5.57. The molecule has 0 amide bonds. The minimum absolute atomic E-state index is 0.0311. The fourth-order valence-corrected chi connectivity index (χ4v) is 3.78. The Bertz CT molecular complexity index is 1480. The van der Waals surface area contributed by atoms with Crippen molar-refractivity contribution in [3.05, 3.63) is 89.7 Å². The number of aromatic nitrogens is 3. The Morgan fingerprint density at radius 3 is 2.39 bits per heavy atom. The summed E-state index contributed by atoms with van der Waals surface area (Å²) in [4.78, 5) is 22.7. The summed E-state index contributed by atoms with van der Waals surface area (Å²) in [7, 11) is 0. The maximum Gasteiger partial charge on any atom is 0.429 e. The highest BCUT2D eigenvalue weighted by molar-refractivity contribution is 5.68. The summed E-state index contributed by atoms with van der Waals surface area (Å²) in [5, 5.41) is 17.8. The van der Waals surface area contributed by atoms with Crippen LogP contribution in [-0.2, 0) is 11.2 Å². The molecular formula is C27H20F3N5O3. The second-order valence-corrected chi connectivity index (χ2v) is 8.21. The standard InChI is InChI=1S/C27H20F3N5O3/c28-27(29,30)25(21-4-2-1-3-20(21)18-10-11-19(14-31)33-15-18)38-23-13-22(34-26(32)35-23)17-8-5-16(6-9-17)7-12-24(36)37/h1-6,8-11,13,15,25H,7,12H2,(H,36,37)(H2,32,34,35). The van der Waals surface area contributed by atoms with Gasteiger partial charge in [-0.05, 0) is 29.7 Å². The van der Waals surface area contributed by atoms with Crippen molar-refractivity contribution in [2.24, 2.45) is 0 Å². The molecule has 0 radical (unpaired) electrons. The van der Waals surface area contributed by atoms with Crippen molar-refractivity contribution in [2.45, 2.75) is 25.1 Å². The van der Waals surface area contributed by atoms with Crippen LogP contribution in [0.15, 0.2) is 72.9 Å². The lowest BCUT2D eigenvalue weighted by Gasteiger charge is -2.24. The molecule has 0 fully saturated rings. The number of rotatable bonds is 8. The van der Waals surface area contributed by atoms with Gasteiger partial charge in [-0.25, -0.2) is 9.97 Å². The van der Waals surface area contributed by atoms with Crippen molar-refractivity contribution in [1.29, 1.82) is 5.26 Å². The van der Waals surface area contributed by atoms with Crippen LogP contribution >= 0.6 is 0 Å². The molecule has 2 aromatic carbocycles. The molecule has 0 saturated heterocycles. The van der Waals surface area contributed by atoms with E-state index in [9.17, 15) is 18.0 Å². The number of benzene rings is 2. The van der Waals surface area contributed by atoms with Crippen LogP contribution in [0.1, 0.15) is 29.3 Å². The summed E-state index contributed by atoms with van der Waals surface area (Å²) in [5.41, 5.74) is 7.92. The number of carboxylic acids is 1. The van der Waals surface area contributed by atoms with E-state index < -0.39 is 18.2 Å². The van der Waals surface area contributed by atoms with Gasteiger partial charge >= 0.3 is 12.1 Å². The van der Waals surface area contributed by atoms with Gasteiger partial charge in [0.05, 0.1) is 5.69 Å². The van der Waals surface area contributed by atoms with E-state index >= 15 is 0 Å². The number of carboxylic acid groups (broad SMARTS) is 1. The summed E-state index contributed by atoms with van der Waals surface area (Å²) in [5.74, 6) is -1.58. The number of carbonyl (C=O) groups is 1. The topological polar surface area (TPSA) is 135 Å². The van der Waals surface area contributed by atoms with Crippen molar-refractivity contribution < 1.29 is 27.8 Å². The van der Waals surface area contributed by atoms with Crippen LogP contribution in [0.25, 0.3) is 22.4 Å². The number of nitrogen functional groups attached to an aromatic ring is 1. The highest BCUT2D eigenvalue weighted by Crippen LogP contribution is 2.41. The van der Waals surface area contributed by atoms with E-state index in [0.717, 1.165) is 5.56 Å². The summed E-state index contributed by atoms with van der Waals surface area (Å²) < 4.78 is 48.3. The molecule has 4 aromatic rings. The fraction of sp³-hybridized carbons (Fsp3) is 0.148. The molecule has 0 aliphatic carbocycles. The first-order valence-electron chi connectivity index (χ1n) is 11.3. The smallest absolute Gasteiger partial charge is 0.429 e. The molecule has 3 N–H and O–H groups in total. The van der Waals surface area contributed by atoms with Gasteiger partial charge in [-0.15, -0.1) is 0 Å². The van der Waals surface area contributed by atoms with Crippen molar-refractivity contribution in [3.63, 3.8) is 0 Å². The number of anilines is 1. The monoisotopic (exact) mass is 519 g/mol. The zero-order valence-corrected chi connectivity index (χ0v) is 19.7. The van der Waals surface area contributed by atoms with Crippen LogP contribution < -0.4 is 10.5 Å². The molecule has 1 atom stereocenters. The molecule has 2 heterocycles. The predicted octanol–water partition coefficient (Wildman–Crippen LogP) is 5.36. The SMILES string of the molecule is N#Cc1ccc(-c2ccccc2C(Oc2cc(-c3ccc(CCC(=O)O)cc3)nc(N)n2)C(F)(F)F)cn1. The third kappa shape index (κ3) is 6.22. The molecule has 8 nitrogen and oxygen atoms in total. The number of aryl methyl sites for hydroxylation is 1.